The lowest BCUT2D eigenvalue weighted by atomic mass is 9.96. The molecular formula is C14H17NOS. The molecule has 2 rings (SSSR count). The lowest BCUT2D eigenvalue weighted by Gasteiger charge is -2.14. The van der Waals surface area contributed by atoms with E-state index < -0.39 is 6.10 Å². The largest absolute Gasteiger partial charge is 0.382 e. The molecule has 1 atom stereocenters. The average molecular weight is 247 g/mol. The second-order valence-electron chi connectivity index (χ2n) is 4.49. The zero-order chi connectivity index (χ0) is 12.6. The predicted octanol–water partition coefficient (Wildman–Crippen LogP) is 3.46. The van der Waals surface area contributed by atoms with E-state index >= 15 is 0 Å². The molecule has 0 fully saturated rings. The molecule has 0 bridgehead atoms. The SMILES string of the molecule is Cc1nc(C(O)c2cc(C)c(C)cc2C)cs1. The molecule has 0 spiro atoms. The number of aromatic nitrogens is 1. The minimum atomic E-state index is -0.612. The van der Waals surface area contributed by atoms with Crippen molar-refractivity contribution in [3.63, 3.8) is 0 Å². The Morgan fingerprint density at radius 3 is 2.29 bits per heavy atom. The van der Waals surface area contributed by atoms with Crippen LogP contribution >= 0.6 is 11.3 Å². The third-order valence-corrected chi connectivity index (χ3v) is 3.89. The summed E-state index contributed by atoms with van der Waals surface area (Å²) in [6, 6.07) is 4.18. The molecule has 0 radical (unpaired) electrons. The van der Waals surface area contributed by atoms with E-state index in [-0.39, 0.29) is 0 Å². The lowest BCUT2D eigenvalue weighted by Crippen LogP contribution is -2.04. The Kier molecular flexibility index (Phi) is 3.31. The zero-order valence-electron chi connectivity index (χ0n) is 10.6. The van der Waals surface area contributed by atoms with Crippen LogP contribution in [0.2, 0.25) is 0 Å². The third kappa shape index (κ3) is 2.40. The van der Waals surface area contributed by atoms with Gasteiger partial charge in [0.25, 0.3) is 0 Å². The van der Waals surface area contributed by atoms with Crippen molar-refractivity contribution < 1.29 is 5.11 Å². The highest BCUT2D eigenvalue weighted by molar-refractivity contribution is 7.09. The van der Waals surface area contributed by atoms with Crippen LogP contribution in [0.15, 0.2) is 17.5 Å². The fourth-order valence-electron chi connectivity index (χ4n) is 1.94. The van der Waals surface area contributed by atoms with Gasteiger partial charge in [-0.05, 0) is 49.9 Å². The van der Waals surface area contributed by atoms with Crippen LogP contribution in [0.1, 0.15) is 39.1 Å². The van der Waals surface area contributed by atoms with Crippen molar-refractivity contribution >= 4 is 11.3 Å². The average Bonchev–Trinajstić information content (AvgIpc) is 2.69. The highest BCUT2D eigenvalue weighted by Gasteiger charge is 2.16. The van der Waals surface area contributed by atoms with Crippen molar-refractivity contribution in [1.82, 2.24) is 4.98 Å². The molecule has 2 nitrogen and oxygen atoms in total. The number of rotatable bonds is 2. The summed E-state index contributed by atoms with van der Waals surface area (Å²) in [4.78, 5) is 4.35. The number of aryl methyl sites for hydroxylation is 4. The minimum Gasteiger partial charge on any atom is -0.382 e. The number of benzene rings is 1. The van der Waals surface area contributed by atoms with Crippen LogP contribution in [0.5, 0.6) is 0 Å². The molecule has 1 unspecified atom stereocenters. The van der Waals surface area contributed by atoms with Gasteiger partial charge in [-0.1, -0.05) is 12.1 Å². The standard InChI is InChI=1S/C14H17NOS/c1-8-5-10(3)12(6-9(8)2)14(16)13-7-17-11(4)15-13/h5-7,14,16H,1-4H3. The van der Waals surface area contributed by atoms with Crippen molar-refractivity contribution in [2.45, 2.75) is 33.8 Å². The van der Waals surface area contributed by atoms with Gasteiger partial charge in [-0.15, -0.1) is 11.3 Å². The van der Waals surface area contributed by atoms with E-state index in [1.165, 1.54) is 11.1 Å². The van der Waals surface area contributed by atoms with Crippen molar-refractivity contribution in [1.29, 1.82) is 0 Å². The van der Waals surface area contributed by atoms with Crippen LogP contribution in [0.4, 0.5) is 0 Å². The summed E-state index contributed by atoms with van der Waals surface area (Å²) >= 11 is 1.57. The number of nitrogens with zero attached hydrogens (tertiary/aromatic N) is 1. The van der Waals surface area contributed by atoms with Crippen LogP contribution in [0, 0.1) is 27.7 Å². The minimum absolute atomic E-state index is 0.612. The summed E-state index contributed by atoms with van der Waals surface area (Å²) in [6.07, 6.45) is -0.612. The van der Waals surface area contributed by atoms with Crippen molar-refractivity contribution in [3.8, 4) is 0 Å². The number of hydrogen-bond donors (Lipinski definition) is 1. The smallest absolute Gasteiger partial charge is 0.122 e. The van der Waals surface area contributed by atoms with E-state index in [1.54, 1.807) is 11.3 Å². The highest BCUT2D eigenvalue weighted by Crippen LogP contribution is 2.27. The first-order valence-electron chi connectivity index (χ1n) is 5.67. The van der Waals surface area contributed by atoms with Crippen LogP contribution < -0.4 is 0 Å². The number of aliphatic hydroxyl groups is 1. The van der Waals surface area contributed by atoms with E-state index in [9.17, 15) is 5.11 Å². The molecule has 0 saturated heterocycles. The van der Waals surface area contributed by atoms with Gasteiger partial charge in [-0.2, -0.15) is 0 Å². The van der Waals surface area contributed by atoms with Crippen LogP contribution in [-0.2, 0) is 0 Å². The normalized spacial score (nSPS) is 12.8. The Morgan fingerprint density at radius 1 is 1.06 bits per heavy atom. The van der Waals surface area contributed by atoms with Gasteiger partial charge in [0.2, 0.25) is 0 Å². The second-order valence-corrected chi connectivity index (χ2v) is 5.55. The molecule has 1 aromatic heterocycles. The number of thiazole rings is 1. The quantitative estimate of drug-likeness (QED) is 0.881. The Bertz CT molecular complexity index is 545. The predicted molar refractivity (Wildman–Crippen MR) is 71.6 cm³/mol. The molecule has 0 amide bonds. The topological polar surface area (TPSA) is 33.1 Å². The molecule has 0 aliphatic carbocycles. The van der Waals surface area contributed by atoms with Gasteiger partial charge in [0.05, 0.1) is 10.7 Å². The maximum atomic E-state index is 10.3. The Labute approximate surface area is 106 Å². The summed E-state index contributed by atoms with van der Waals surface area (Å²) in [6.45, 7) is 8.14. The maximum Gasteiger partial charge on any atom is 0.122 e. The fraction of sp³-hybridized carbons (Fsp3) is 0.357. The zero-order valence-corrected chi connectivity index (χ0v) is 11.4. The van der Waals surface area contributed by atoms with Crippen molar-refractivity contribution in [2.24, 2.45) is 0 Å². The molecule has 2 aromatic rings. The van der Waals surface area contributed by atoms with E-state index in [1.807, 2.05) is 19.2 Å². The summed E-state index contributed by atoms with van der Waals surface area (Å²) < 4.78 is 0. The molecular weight excluding hydrogens is 230 g/mol. The van der Waals surface area contributed by atoms with Gasteiger partial charge in [-0.25, -0.2) is 4.98 Å². The number of hydrogen-bond acceptors (Lipinski definition) is 3. The lowest BCUT2D eigenvalue weighted by molar-refractivity contribution is 0.215. The van der Waals surface area contributed by atoms with Gasteiger partial charge in [-0.3, -0.25) is 0 Å². The summed E-state index contributed by atoms with van der Waals surface area (Å²) in [5.74, 6) is 0. The number of aliphatic hydroxyl groups excluding tert-OH is 1. The van der Waals surface area contributed by atoms with Gasteiger partial charge in [0.1, 0.15) is 6.10 Å². The first-order chi connectivity index (χ1) is 7.99. The first kappa shape index (κ1) is 12.3. The van der Waals surface area contributed by atoms with Crippen molar-refractivity contribution in [3.05, 3.63) is 50.5 Å². The van der Waals surface area contributed by atoms with Crippen LogP contribution in [-0.4, -0.2) is 10.1 Å². The monoisotopic (exact) mass is 247 g/mol. The molecule has 3 heteroatoms. The first-order valence-corrected chi connectivity index (χ1v) is 6.55. The van der Waals surface area contributed by atoms with Crippen LogP contribution in [0.3, 0.4) is 0 Å². The van der Waals surface area contributed by atoms with Crippen LogP contribution in [0.25, 0.3) is 0 Å². The van der Waals surface area contributed by atoms with E-state index in [0.717, 1.165) is 21.8 Å². The van der Waals surface area contributed by atoms with Gasteiger partial charge >= 0.3 is 0 Å². The molecule has 0 aliphatic heterocycles. The maximum absolute atomic E-state index is 10.3. The molecule has 0 saturated carbocycles. The Hall–Kier alpha value is -1.19. The molecule has 1 heterocycles. The van der Waals surface area contributed by atoms with E-state index in [0.29, 0.717) is 0 Å². The van der Waals surface area contributed by atoms with Gasteiger partial charge < -0.3 is 5.11 Å². The molecule has 1 aromatic carbocycles. The summed E-state index contributed by atoms with van der Waals surface area (Å²) in [5, 5.41) is 13.3. The summed E-state index contributed by atoms with van der Waals surface area (Å²) in [7, 11) is 0. The Balaban J connectivity index is 2.43. The van der Waals surface area contributed by atoms with E-state index in [2.05, 4.69) is 31.0 Å². The van der Waals surface area contributed by atoms with Gasteiger partial charge in [0, 0.05) is 5.38 Å². The summed E-state index contributed by atoms with van der Waals surface area (Å²) in [5.41, 5.74) is 5.29. The third-order valence-electron chi connectivity index (χ3n) is 3.09. The molecule has 1 N–H and O–H groups in total. The highest BCUT2D eigenvalue weighted by atomic mass is 32.1. The van der Waals surface area contributed by atoms with E-state index in [4.69, 9.17) is 0 Å². The van der Waals surface area contributed by atoms with Crippen molar-refractivity contribution in [2.75, 3.05) is 0 Å². The fourth-order valence-corrected chi connectivity index (χ4v) is 2.57. The second kappa shape index (κ2) is 4.59. The molecule has 0 aliphatic rings. The Morgan fingerprint density at radius 2 is 1.71 bits per heavy atom. The van der Waals surface area contributed by atoms with Gasteiger partial charge in [0.15, 0.2) is 0 Å². The molecule has 17 heavy (non-hydrogen) atoms. The molecule has 90 valence electrons.